The molecule has 1 aromatic heterocycles. The normalized spacial score (nSPS) is 13.7. The van der Waals surface area contributed by atoms with E-state index < -0.39 is 31.1 Å². The van der Waals surface area contributed by atoms with E-state index >= 15 is 0 Å². The molecule has 138 valence electrons. The number of rotatable bonds is 9. The maximum Gasteiger partial charge on any atom is 0.335 e. The summed E-state index contributed by atoms with van der Waals surface area (Å²) in [4.78, 5) is 0. The number of benzene rings is 1. The van der Waals surface area contributed by atoms with Crippen molar-refractivity contribution in [3.63, 3.8) is 0 Å². The maximum absolute atomic E-state index is 12.1. The van der Waals surface area contributed by atoms with Gasteiger partial charge in [0.05, 0.1) is 11.5 Å². The lowest BCUT2D eigenvalue weighted by Crippen LogP contribution is -2.32. The summed E-state index contributed by atoms with van der Waals surface area (Å²) in [6.45, 7) is 3.22. The zero-order chi connectivity index (χ0) is 18.5. The van der Waals surface area contributed by atoms with Crippen molar-refractivity contribution in [2.45, 2.75) is 38.0 Å². The standard InChI is InChI=1S/C15H21N3O5S2/c1-3-10-25(21,22)18-13(11-12-8-6-5-7-9-12)14-16-17-15(23-14)24(19,20)4-2/h5-9,13,18H,3-4,10-11H2,1-2H3/t13-/m0/s1. The second-order valence-corrected chi connectivity index (χ2v) is 9.52. The van der Waals surface area contributed by atoms with Crippen molar-refractivity contribution in [3.8, 4) is 0 Å². The third kappa shape index (κ3) is 5.35. The summed E-state index contributed by atoms with van der Waals surface area (Å²) in [7, 11) is -7.21. The van der Waals surface area contributed by atoms with Crippen LogP contribution in [0.3, 0.4) is 0 Å². The fourth-order valence-corrected chi connectivity index (χ4v) is 4.08. The Hall–Kier alpha value is -1.78. The third-order valence-electron chi connectivity index (χ3n) is 3.44. The number of aromatic nitrogens is 2. The molecular weight excluding hydrogens is 366 g/mol. The van der Waals surface area contributed by atoms with Gasteiger partial charge in [-0.25, -0.2) is 21.6 Å². The topological polar surface area (TPSA) is 119 Å². The highest BCUT2D eigenvalue weighted by Gasteiger charge is 2.27. The average Bonchev–Trinajstić information content (AvgIpc) is 3.06. The first-order valence-electron chi connectivity index (χ1n) is 7.87. The fraction of sp³-hybridized carbons (Fsp3) is 0.467. The number of sulfonamides is 1. The largest absolute Gasteiger partial charge is 0.411 e. The van der Waals surface area contributed by atoms with Crippen LogP contribution in [0.15, 0.2) is 40.0 Å². The molecule has 0 saturated heterocycles. The summed E-state index contributed by atoms with van der Waals surface area (Å²) in [6, 6.07) is 8.33. The molecular formula is C15H21N3O5S2. The molecule has 0 spiro atoms. The van der Waals surface area contributed by atoms with Gasteiger partial charge < -0.3 is 4.42 Å². The van der Waals surface area contributed by atoms with Crippen LogP contribution in [0.5, 0.6) is 0 Å². The van der Waals surface area contributed by atoms with Crippen LogP contribution in [0.2, 0.25) is 0 Å². The first-order chi connectivity index (χ1) is 11.8. The van der Waals surface area contributed by atoms with E-state index in [0.717, 1.165) is 5.56 Å². The van der Waals surface area contributed by atoms with Crippen LogP contribution in [0.1, 0.15) is 37.8 Å². The van der Waals surface area contributed by atoms with E-state index in [-0.39, 0.29) is 23.8 Å². The minimum Gasteiger partial charge on any atom is -0.411 e. The number of hydrogen-bond acceptors (Lipinski definition) is 7. The van der Waals surface area contributed by atoms with Crippen LogP contribution >= 0.6 is 0 Å². The van der Waals surface area contributed by atoms with Crippen LogP contribution in [0.25, 0.3) is 0 Å². The van der Waals surface area contributed by atoms with Crippen LogP contribution in [0, 0.1) is 0 Å². The van der Waals surface area contributed by atoms with Gasteiger partial charge in [-0.3, -0.25) is 0 Å². The molecule has 2 rings (SSSR count). The predicted octanol–water partition coefficient (Wildman–Crippen LogP) is 1.48. The first-order valence-corrected chi connectivity index (χ1v) is 11.2. The second kappa shape index (κ2) is 8.07. The third-order valence-corrected chi connectivity index (χ3v) is 6.49. The van der Waals surface area contributed by atoms with Crippen LogP contribution in [-0.2, 0) is 26.3 Å². The van der Waals surface area contributed by atoms with Gasteiger partial charge in [0, 0.05) is 0 Å². The average molecular weight is 387 g/mol. The monoisotopic (exact) mass is 387 g/mol. The van der Waals surface area contributed by atoms with Crippen molar-refractivity contribution in [3.05, 3.63) is 41.8 Å². The lowest BCUT2D eigenvalue weighted by Gasteiger charge is -2.15. The van der Waals surface area contributed by atoms with Gasteiger partial charge in [-0.05, 0) is 18.4 Å². The summed E-state index contributed by atoms with van der Waals surface area (Å²) in [5.41, 5.74) is 0.852. The molecule has 0 unspecified atom stereocenters. The highest BCUT2D eigenvalue weighted by molar-refractivity contribution is 7.91. The molecule has 1 aromatic carbocycles. The summed E-state index contributed by atoms with van der Waals surface area (Å²) < 4.78 is 55.8. The predicted molar refractivity (Wildman–Crippen MR) is 92.1 cm³/mol. The Morgan fingerprint density at radius 2 is 1.76 bits per heavy atom. The molecule has 0 fully saturated rings. The molecule has 0 amide bonds. The van der Waals surface area contributed by atoms with Gasteiger partial charge in [-0.2, -0.15) is 0 Å². The van der Waals surface area contributed by atoms with E-state index in [1.807, 2.05) is 30.3 Å². The Morgan fingerprint density at radius 3 is 2.36 bits per heavy atom. The second-order valence-electron chi connectivity index (χ2n) is 5.49. The number of nitrogens with one attached hydrogen (secondary N) is 1. The molecule has 0 aliphatic heterocycles. The molecule has 1 atom stereocenters. The van der Waals surface area contributed by atoms with Gasteiger partial charge in [-0.1, -0.05) is 49.3 Å². The highest BCUT2D eigenvalue weighted by atomic mass is 32.2. The van der Waals surface area contributed by atoms with Crippen molar-refractivity contribution in [1.29, 1.82) is 0 Å². The summed E-state index contributed by atoms with van der Waals surface area (Å²) in [5, 5.41) is 6.80. The van der Waals surface area contributed by atoms with Crippen molar-refractivity contribution in [2.24, 2.45) is 0 Å². The molecule has 10 heteroatoms. The van der Waals surface area contributed by atoms with Crippen molar-refractivity contribution in [2.75, 3.05) is 11.5 Å². The lowest BCUT2D eigenvalue weighted by molar-refractivity contribution is 0.363. The Balaban J connectivity index is 2.34. The molecule has 0 aliphatic carbocycles. The smallest absolute Gasteiger partial charge is 0.335 e. The van der Waals surface area contributed by atoms with E-state index in [9.17, 15) is 16.8 Å². The Kier molecular flexibility index (Phi) is 6.31. The Labute approximate surface area is 147 Å². The summed E-state index contributed by atoms with van der Waals surface area (Å²) in [5.74, 6) is -0.304. The zero-order valence-corrected chi connectivity index (χ0v) is 15.7. The number of sulfone groups is 1. The van der Waals surface area contributed by atoms with Crippen molar-refractivity contribution in [1.82, 2.24) is 14.9 Å². The van der Waals surface area contributed by atoms with Crippen LogP contribution < -0.4 is 4.72 Å². The molecule has 25 heavy (non-hydrogen) atoms. The number of hydrogen-bond donors (Lipinski definition) is 1. The molecule has 2 aromatic rings. The Bertz CT molecular complexity index is 892. The molecule has 0 saturated carbocycles. The van der Waals surface area contributed by atoms with Crippen LogP contribution in [-0.4, -0.2) is 38.5 Å². The van der Waals surface area contributed by atoms with Gasteiger partial charge in [0.2, 0.25) is 25.8 Å². The highest BCUT2D eigenvalue weighted by Crippen LogP contribution is 2.21. The van der Waals surface area contributed by atoms with E-state index in [4.69, 9.17) is 4.42 Å². The van der Waals surface area contributed by atoms with Gasteiger partial charge in [0.25, 0.3) is 0 Å². The molecule has 0 aliphatic rings. The summed E-state index contributed by atoms with van der Waals surface area (Å²) >= 11 is 0. The molecule has 1 N–H and O–H groups in total. The quantitative estimate of drug-likeness (QED) is 0.692. The molecule has 1 heterocycles. The molecule has 0 radical (unpaired) electrons. The van der Waals surface area contributed by atoms with Crippen molar-refractivity contribution < 1.29 is 21.3 Å². The minimum atomic E-state index is -3.66. The number of nitrogens with zero attached hydrogens (tertiary/aromatic N) is 2. The van der Waals surface area contributed by atoms with Gasteiger partial charge in [0.1, 0.15) is 6.04 Å². The Morgan fingerprint density at radius 1 is 1.08 bits per heavy atom. The molecule has 0 bridgehead atoms. The van der Waals surface area contributed by atoms with E-state index in [1.165, 1.54) is 6.92 Å². The van der Waals surface area contributed by atoms with Crippen LogP contribution in [0.4, 0.5) is 0 Å². The van der Waals surface area contributed by atoms with Gasteiger partial charge in [-0.15, -0.1) is 5.10 Å². The van der Waals surface area contributed by atoms with Gasteiger partial charge in [0.15, 0.2) is 0 Å². The zero-order valence-electron chi connectivity index (χ0n) is 14.0. The lowest BCUT2D eigenvalue weighted by atomic mass is 10.1. The SMILES string of the molecule is CCCS(=O)(=O)N[C@@H](Cc1ccccc1)c1nnc(S(=O)(=O)CC)o1. The maximum atomic E-state index is 12.1. The van der Waals surface area contributed by atoms with E-state index in [0.29, 0.717) is 6.42 Å². The van der Waals surface area contributed by atoms with Crippen molar-refractivity contribution >= 4 is 19.9 Å². The van der Waals surface area contributed by atoms with E-state index in [1.54, 1.807) is 6.92 Å². The van der Waals surface area contributed by atoms with Gasteiger partial charge >= 0.3 is 5.22 Å². The minimum absolute atomic E-state index is 0.0491. The fourth-order valence-electron chi connectivity index (χ4n) is 2.18. The summed E-state index contributed by atoms with van der Waals surface area (Å²) in [6.07, 6.45) is 0.713. The van der Waals surface area contributed by atoms with E-state index in [2.05, 4.69) is 14.9 Å². The molecule has 8 nitrogen and oxygen atoms in total. The first kappa shape index (κ1) is 19.5.